The molecule has 0 aliphatic heterocycles. The predicted octanol–water partition coefficient (Wildman–Crippen LogP) is 4.45. The topological polar surface area (TPSA) is 35.9 Å². The molecule has 0 aliphatic carbocycles. The molecule has 3 nitrogen and oxygen atoms in total. The van der Waals surface area contributed by atoms with Crippen molar-refractivity contribution in [3.63, 3.8) is 0 Å². The number of aromatic nitrogens is 2. The molecule has 3 aromatic carbocycles. The van der Waals surface area contributed by atoms with Crippen LogP contribution in [0.15, 0.2) is 78.9 Å². The van der Waals surface area contributed by atoms with E-state index in [0.717, 1.165) is 16.9 Å². The van der Waals surface area contributed by atoms with Crippen LogP contribution in [0.5, 0.6) is 0 Å². The number of nitrogens with two attached hydrogens (primary N) is 1. The van der Waals surface area contributed by atoms with Gasteiger partial charge in [-0.1, -0.05) is 54.6 Å². The molecule has 2 heterocycles. The fourth-order valence-corrected chi connectivity index (χ4v) is 3.57. The third kappa shape index (κ3) is 1.53. The van der Waals surface area contributed by atoms with E-state index in [4.69, 9.17) is 5.84 Å². The first-order valence-corrected chi connectivity index (χ1v) is 7.69. The third-order valence-corrected chi connectivity index (χ3v) is 4.53. The molecule has 5 aromatic rings. The Morgan fingerprint density at radius 1 is 0.609 bits per heavy atom. The second-order valence-corrected chi connectivity index (χ2v) is 5.77. The van der Waals surface area contributed by atoms with Crippen LogP contribution in [0.2, 0.25) is 0 Å². The van der Waals surface area contributed by atoms with Gasteiger partial charge >= 0.3 is 0 Å². The van der Waals surface area contributed by atoms with Crippen LogP contribution in [0.3, 0.4) is 0 Å². The molecule has 0 radical (unpaired) electrons. The van der Waals surface area contributed by atoms with Crippen LogP contribution in [-0.2, 0) is 0 Å². The average Bonchev–Trinajstić information content (AvgIpc) is 3.10. The largest absolute Gasteiger partial charge is 0.337 e. The SMILES string of the molecule is Nn1c2ccccc2c2c3ccccc3n(-c3ccccc3)c21. The van der Waals surface area contributed by atoms with Crippen molar-refractivity contribution in [1.29, 1.82) is 0 Å². The first-order chi connectivity index (χ1) is 11.4. The van der Waals surface area contributed by atoms with Crippen molar-refractivity contribution in [2.45, 2.75) is 0 Å². The zero-order chi connectivity index (χ0) is 15.4. The second-order valence-electron chi connectivity index (χ2n) is 5.77. The van der Waals surface area contributed by atoms with Crippen molar-refractivity contribution in [3.05, 3.63) is 78.9 Å². The van der Waals surface area contributed by atoms with Gasteiger partial charge in [0.1, 0.15) is 5.65 Å². The molecule has 23 heavy (non-hydrogen) atoms. The normalized spacial score (nSPS) is 11.7. The highest BCUT2D eigenvalue weighted by Gasteiger charge is 2.19. The van der Waals surface area contributed by atoms with Crippen molar-refractivity contribution >= 4 is 32.8 Å². The fraction of sp³-hybridized carbons (Fsp3) is 0. The Hall–Kier alpha value is -3.20. The summed E-state index contributed by atoms with van der Waals surface area (Å²) < 4.78 is 4.04. The van der Waals surface area contributed by atoms with Gasteiger partial charge < -0.3 is 5.84 Å². The minimum absolute atomic E-state index is 1.03. The van der Waals surface area contributed by atoms with E-state index in [2.05, 4.69) is 71.3 Å². The molecule has 0 unspecified atom stereocenters. The monoisotopic (exact) mass is 297 g/mol. The molecule has 0 saturated heterocycles. The summed E-state index contributed by atoms with van der Waals surface area (Å²) >= 11 is 0. The van der Waals surface area contributed by atoms with Crippen molar-refractivity contribution in [2.75, 3.05) is 5.84 Å². The molecule has 0 fully saturated rings. The molecule has 0 aliphatic rings. The molecule has 0 spiro atoms. The van der Waals surface area contributed by atoms with E-state index in [1.807, 2.05) is 12.1 Å². The van der Waals surface area contributed by atoms with Crippen molar-refractivity contribution in [2.24, 2.45) is 0 Å². The zero-order valence-corrected chi connectivity index (χ0v) is 12.5. The molecular formula is C20H15N3. The Morgan fingerprint density at radius 3 is 1.91 bits per heavy atom. The minimum atomic E-state index is 1.03. The molecule has 0 bridgehead atoms. The van der Waals surface area contributed by atoms with Gasteiger partial charge in [-0.25, -0.2) is 4.68 Å². The smallest absolute Gasteiger partial charge is 0.145 e. The van der Waals surface area contributed by atoms with E-state index in [0.29, 0.717) is 0 Å². The summed E-state index contributed by atoms with van der Waals surface area (Å²) in [5.41, 5.74) is 4.37. The number of para-hydroxylation sites is 3. The number of nitrogen functional groups attached to an aromatic ring is 1. The van der Waals surface area contributed by atoms with Crippen LogP contribution in [-0.4, -0.2) is 9.24 Å². The standard InChI is InChI=1S/C20H15N3/c21-23-18-13-7-5-11-16(18)19-15-10-4-6-12-17(15)22(20(19)23)14-8-2-1-3-9-14/h1-13H,21H2. The molecular weight excluding hydrogens is 282 g/mol. The van der Waals surface area contributed by atoms with Gasteiger partial charge in [-0.3, -0.25) is 4.57 Å². The summed E-state index contributed by atoms with van der Waals surface area (Å²) in [6, 6.07) is 27.2. The summed E-state index contributed by atoms with van der Waals surface area (Å²) in [7, 11) is 0. The molecule has 3 heteroatoms. The van der Waals surface area contributed by atoms with Crippen LogP contribution in [0.4, 0.5) is 0 Å². The molecule has 0 atom stereocenters. The Labute approximate surface area is 133 Å². The summed E-state index contributed by atoms with van der Waals surface area (Å²) in [4.78, 5) is 0. The lowest BCUT2D eigenvalue weighted by atomic mass is 10.1. The fourth-order valence-electron chi connectivity index (χ4n) is 3.57. The zero-order valence-electron chi connectivity index (χ0n) is 12.5. The maximum Gasteiger partial charge on any atom is 0.145 e. The van der Waals surface area contributed by atoms with Crippen molar-refractivity contribution in [1.82, 2.24) is 9.24 Å². The van der Waals surface area contributed by atoms with Gasteiger partial charge in [-0.2, -0.15) is 0 Å². The molecule has 0 saturated carbocycles. The van der Waals surface area contributed by atoms with E-state index < -0.39 is 0 Å². The third-order valence-electron chi connectivity index (χ3n) is 4.53. The van der Waals surface area contributed by atoms with E-state index >= 15 is 0 Å². The molecule has 5 rings (SSSR count). The van der Waals surface area contributed by atoms with Gasteiger partial charge in [0.05, 0.1) is 11.0 Å². The highest BCUT2D eigenvalue weighted by atomic mass is 15.3. The van der Waals surface area contributed by atoms with Crippen LogP contribution in [0, 0.1) is 0 Å². The summed E-state index contributed by atoms with van der Waals surface area (Å²) in [6.45, 7) is 0. The number of hydrogen-bond acceptors (Lipinski definition) is 1. The molecule has 2 N–H and O–H groups in total. The Balaban J connectivity index is 2.11. The predicted molar refractivity (Wildman–Crippen MR) is 96.4 cm³/mol. The molecule has 2 aromatic heterocycles. The maximum absolute atomic E-state index is 6.47. The first-order valence-electron chi connectivity index (χ1n) is 7.69. The Bertz CT molecular complexity index is 1160. The van der Waals surface area contributed by atoms with E-state index in [-0.39, 0.29) is 0 Å². The van der Waals surface area contributed by atoms with Crippen LogP contribution in [0.25, 0.3) is 38.5 Å². The Kier molecular flexibility index (Phi) is 2.36. The first kappa shape index (κ1) is 12.4. The highest BCUT2D eigenvalue weighted by molar-refractivity contribution is 6.21. The number of fused-ring (bicyclic) bond motifs is 5. The van der Waals surface area contributed by atoms with Crippen molar-refractivity contribution in [3.8, 4) is 5.69 Å². The maximum atomic E-state index is 6.47. The summed E-state index contributed by atoms with van der Waals surface area (Å²) in [5, 5.41) is 3.63. The quantitative estimate of drug-likeness (QED) is 0.456. The number of nitrogens with zero attached hydrogens (tertiary/aromatic N) is 2. The van der Waals surface area contributed by atoms with Crippen LogP contribution in [0.1, 0.15) is 0 Å². The minimum Gasteiger partial charge on any atom is -0.337 e. The number of hydrogen-bond donors (Lipinski definition) is 1. The van der Waals surface area contributed by atoms with E-state index in [1.54, 1.807) is 4.68 Å². The molecule has 0 amide bonds. The van der Waals surface area contributed by atoms with Gasteiger partial charge in [-0.15, -0.1) is 0 Å². The number of rotatable bonds is 1. The van der Waals surface area contributed by atoms with Gasteiger partial charge in [0.2, 0.25) is 0 Å². The van der Waals surface area contributed by atoms with Crippen LogP contribution >= 0.6 is 0 Å². The van der Waals surface area contributed by atoms with Gasteiger partial charge in [-0.05, 0) is 24.3 Å². The Morgan fingerprint density at radius 2 is 1.17 bits per heavy atom. The van der Waals surface area contributed by atoms with Gasteiger partial charge in [0.15, 0.2) is 0 Å². The summed E-state index contributed by atoms with van der Waals surface area (Å²) in [6.07, 6.45) is 0. The molecule has 110 valence electrons. The number of benzene rings is 3. The second kappa shape index (κ2) is 4.40. The average molecular weight is 297 g/mol. The lowest BCUT2D eigenvalue weighted by Gasteiger charge is -2.08. The van der Waals surface area contributed by atoms with Crippen molar-refractivity contribution < 1.29 is 0 Å². The van der Waals surface area contributed by atoms with Gasteiger partial charge in [0, 0.05) is 21.8 Å². The van der Waals surface area contributed by atoms with E-state index in [1.165, 1.54) is 21.7 Å². The highest BCUT2D eigenvalue weighted by Crippen LogP contribution is 2.37. The van der Waals surface area contributed by atoms with E-state index in [9.17, 15) is 0 Å². The van der Waals surface area contributed by atoms with Crippen LogP contribution < -0.4 is 5.84 Å². The summed E-state index contributed by atoms with van der Waals surface area (Å²) in [5.74, 6) is 6.47. The van der Waals surface area contributed by atoms with Gasteiger partial charge in [0.25, 0.3) is 0 Å². The lowest BCUT2D eigenvalue weighted by molar-refractivity contribution is 1.03. The lowest BCUT2D eigenvalue weighted by Crippen LogP contribution is -2.10.